The van der Waals surface area contributed by atoms with Gasteiger partial charge in [-0.3, -0.25) is 4.79 Å². The maximum atomic E-state index is 12.6. The van der Waals surface area contributed by atoms with Crippen LogP contribution in [0.4, 0.5) is 0 Å². The van der Waals surface area contributed by atoms with Gasteiger partial charge in [0.15, 0.2) is 0 Å². The molecule has 0 bridgehead atoms. The van der Waals surface area contributed by atoms with E-state index >= 15 is 0 Å². The zero-order chi connectivity index (χ0) is 14.1. The van der Waals surface area contributed by atoms with Crippen molar-refractivity contribution in [3.05, 3.63) is 28.8 Å². The largest absolute Gasteiger partial charge is 0.492 e. The lowest BCUT2D eigenvalue weighted by atomic mass is 9.95. The Balaban J connectivity index is 0.00000161. The van der Waals surface area contributed by atoms with Crippen LogP contribution in [0, 0.1) is 5.92 Å². The van der Waals surface area contributed by atoms with Crippen LogP contribution in [0.25, 0.3) is 0 Å². The summed E-state index contributed by atoms with van der Waals surface area (Å²) < 4.78 is 5.70. The quantitative estimate of drug-likeness (QED) is 0.904. The molecule has 116 valence electrons. The van der Waals surface area contributed by atoms with Gasteiger partial charge < -0.3 is 15.4 Å². The minimum absolute atomic E-state index is 0. The first kappa shape index (κ1) is 16.4. The lowest BCUT2D eigenvalue weighted by molar-refractivity contribution is -0.137. The molecule has 4 nitrogen and oxygen atoms in total. The zero-order valence-corrected chi connectivity index (χ0v) is 13.3. The number of likely N-dealkylation sites (tertiary alicyclic amines) is 1. The van der Waals surface area contributed by atoms with Gasteiger partial charge in [0.25, 0.3) is 0 Å². The van der Waals surface area contributed by atoms with Gasteiger partial charge in [-0.25, -0.2) is 0 Å². The van der Waals surface area contributed by atoms with Crippen LogP contribution in [0.15, 0.2) is 18.2 Å². The summed E-state index contributed by atoms with van der Waals surface area (Å²) in [6.45, 7) is 1.81. The van der Waals surface area contributed by atoms with Crippen molar-refractivity contribution in [3.63, 3.8) is 0 Å². The molecule has 0 saturated carbocycles. The monoisotopic (exact) mass is 330 g/mol. The minimum Gasteiger partial charge on any atom is -0.492 e. The molecule has 1 amide bonds. The van der Waals surface area contributed by atoms with Crippen molar-refractivity contribution >= 4 is 29.9 Å². The van der Waals surface area contributed by atoms with Gasteiger partial charge in [0, 0.05) is 24.2 Å². The Morgan fingerprint density at radius 1 is 1.48 bits per heavy atom. The van der Waals surface area contributed by atoms with Gasteiger partial charge in [-0.05, 0) is 43.0 Å². The number of benzene rings is 1. The second-order valence-electron chi connectivity index (χ2n) is 5.53. The van der Waals surface area contributed by atoms with Crippen LogP contribution in [0.3, 0.4) is 0 Å². The van der Waals surface area contributed by atoms with Gasteiger partial charge in [-0.2, -0.15) is 0 Å². The highest BCUT2D eigenvalue weighted by molar-refractivity contribution is 6.30. The molecule has 6 heteroatoms. The number of rotatable bonds is 2. The van der Waals surface area contributed by atoms with E-state index in [1.807, 2.05) is 23.1 Å². The molecule has 2 heterocycles. The Hall–Kier alpha value is -0.970. The predicted octanol–water partition coefficient (Wildman–Crippen LogP) is 2.26. The normalized spacial score (nSPS) is 24.0. The average molecular weight is 331 g/mol. The Kier molecular flexibility index (Phi) is 5.36. The van der Waals surface area contributed by atoms with Crippen LogP contribution in [0.1, 0.15) is 18.4 Å². The van der Waals surface area contributed by atoms with E-state index in [1.54, 1.807) is 0 Å². The Bertz CT molecular complexity index is 524. The number of nitrogens with zero attached hydrogens (tertiary/aromatic N) is 1. The summed E-state index contributed by atoms with van der Waals surface area (Å²) in [5.41, 5.74) is 6.76. The maximum absolute atomic E-state index is 12.6. The van der Waals surface area contributed by atoms with Crippen molar-refractivity contribution in [2.45, 2.75) is 25.3 Å². The zero-order valence-electron chi connectivity index (χ0n) is 11.8. The van der Waals surface area contributed by atoms with Crippen LogP contribution < -0.4 is 10.5 Å². The van der Waals surface area contributed by atoms with Crippen LogP contribution in [-0.2, 0) is 11.2 Å². The number of amides is 1. The lowest BCUT2D eigenvalue weighted by Crippen LogP contribution is -2.45. The molecule has 2 atom stereocenters. The molecule has 1 aromatic rings. The number of carbonyl (C=O) groups is 1. The number of halogens is 2. The van der Waals surface area contributed by atoms with Crippen molar-refractivity contribution < 1.29 is 9.53 Å². The first-order valence-electron chi connectivity index (χ1n) is 7.11. The molecule has 2 aliphatic heterocycles. The summed E-state index contributed by atoms with van der Waals surface area (Å²) in [5, 5.41) is 0.682. The van der Waals surface area contributed by atoms with E-state index in [4.69, 9.17) is 22.1 Å². The van der Waals surface area contributed by atoms with E-state index in [0.717, 1.165) is 30.7 Å². The Morgan fingerprint density at radius 3 is 3.05 bits per heavy atom. The van der Waals surface area contributed by atoms with E-state index < -0.39 is 0 Å². The third-order valence-corrected chi connectivity index (χ3v) is 4.45. The van der Waals surface area contributed by atoms with E-state index in [2.05, 4.69) is 0 Å². The molecule has 1 fully saturated rings. The summed E-state index contributed by atoms with van der Waals surface area (Å²) in [4.78, 5) is 14.6. The molecule has 1 saturated heterocycles. The topological polar surface area (TPSA) is 55.6 Å². The summed E-state index contributed by atoms with van der Waals surface area (Å²) in [5.74, 6) is 0.895. The number of hydrogen-bond donors (Lipinski definition) is 1. The highest BCUT2D eigenvalue weighted by atomic mass is 35.5. The first-order chi connectivity index (χ1) is 9.69. The molecular formula is C15H20Cl2N2O2. The van der Waals surface area contributed by atoms with Crippen LogP contribution in [-0.4, -0.2) is 36.5 Å². The van der Waals surface area contributed by atoms with Crippen molar-refractivity contribution in [1.82, 2.24) is 4.90 Å². The predicted molar refractivity (Wildman–Crippen MR) is 85.2 cm³/mol. The van der Waals surface area contributed by atoms with Gasteiger partial charge in [-0.1, -0.05) is 11.6 Å². The second-order valence-corrected chi connectivity index (χ2v) is 5.96. The number of hydrogen-bond acceptors (Lipinski definition) is 3. The van der Waals surface area contributed by atoms with E-state index in [9.17, 15) is 4.79 Å². The van der Waals surface area contributed by atoms with E-state index in [1.165, 1.54) is 0 Å². The molecule has 2 unspecified atom stereocenters. The summed E-state index contributed by atoms with van der Waals surface area (Å²) >= 11 is 6.01. The molecule has 0 aliphatic carbocycles. The molecular weight excluding hydrogens is 311 g/mol. The standard InChI is InChI=1S/C15H19ClN2O2.ClH/c16-12-3-4-14-10(7-12)6-11(9-20-14)15(19)18-5-1-2-13(18)8-17;/h3-4,7,11,13H,1-2,5-6,8-9,17H2;1H. The molecule has 1 aromatic carbocycles. The fourth-order valence-corrected chi connectivity index (χ4v) is 3.32. The fraction of sp³-hybridized carbons (Fsp3) is 0.533. The van der Waals surface area contributed by atoms with Crippen molar-refractivity contribution in [2.24, 2.45) is 11.7 Å². The van der Waals surface area contributed by atoms with Gasteiger partial charge in [0.05, 0.1) is 5.92 Å². The Labute approximate surface area is 136 Å². The molecule has 3 rings (SSSR count). The van der Waals surface area contributed by atoms with Gasteiger partial charge >= 0.3 is 0 Å². The highest BCUT2D eigenvalue weighted by Crippen LogP contribution is 2.31. The molecule has 0 aromatic heterocycles. The SMILES string of the molecule is Cl.NCC1CCCN1C(=O)C1COc2ccc(Cl)cc2C1. The Morgan fingerprint density at radius 2 is 2.29 bits per heavy atom. The minimum atomic E-state index is -0.117. The van der Waals surface area contributed by atoms with Crippen LogP contribution in [0.5, 0.6) is 5.75 Å². The van der Waals surface area contributed by atoms with E-state index in [0.29, 0.717) is 24.6 Å². The number of carbonyl (C=O) groups excluding carboxylic acids is 1. The maximum Gasteiger partial charge on any atom is 0.229 e. The summed E-state index contributed by atoms with van der Waals surface area (Å²) in [6.07, 6.45) is 2.75. The van der Waals surface area contributed by atoms with Gasteiger partial charge in [0.1, 0.15) is 12.4 Å². The average Bonchev–Trinajstić information content (AvgIpc) is 2.94. The van der Waals surface area contributed by atoms with Gasteiger partial charge in [-0.15, -0.1) is 12.4 Å². The number of nitrogens with two attached hydrogens (primary N) is 1. The van der Waals surface area contributed by atoms with Crippen molar-refractivity contribution in [2.75, 3.05) is 19.7 Å². The highest BCUT2D eigenvalue weighted by Gasteiger charge is 2.34. The van der Waals surface area contributed by atoms with Crippen molar-refractivity contribution in [3.8, 4) is 5.75 Å². The molecule has 2 aliphatic rings. The molecule has 2 N–H and O–H groups in total. The molecule has 0 spiro atoms. The summed E-state index contributed by atoms with van der Waals surface area (Å²) in [7, 11) is 0. The lowest BCUT2D eigenvalue weighted by Gasteiger charge is -2.31. The molecule has 0 radical (unpaired) electrons. The van der Waals surface area contributed by atoms with Crippen LogP contribution >= 0.6 is 24.0 Å². The third kappa shape index (κ3) is 3.28. The third-order valence-electron chi connectivity index (χ3n) is 4.21. The van der Waals surface area contributed by atoms with Crippen molar-refractivity contribution in [1.29, 1.82) is 0 Å². The number of ether oxygens (including phenoxy) is 1. The molecule has 21 heavy (non-hydrogen) atoms. The van der Waals surface area contributed by atoms with E-state index in [-0.39, 0.29) is 30.3 Å². The first-order valence-corrected chi connectivity index (χ1v) is 7.48. The second kappa shape index (κ2) is 6.86. The van der Waals surface area contributed by atoms with Crippen LogP contribution in [0.2, 0.25) is 5.02 Å². The van der Waals surface area contributed by atoms with Gasteiger partial charge in [0.2, 0.25) is 5.91 Å². The summed E-state index contributed by atoms with van der Waals surface area (Å²) in [6, 6.07) is 5.77. The fourth-order valence-electron chi connectivity index (χ4n) is 3.13. The smallest absolute Gasteiger partial charge is 0.229 e. The number of fused-ring (bicyclic) bond motifs is 1.